The fourth-order valence-electron chi connectivity index (χ4n) is 4.44. The Kier molecular flexibility index (Phi) is 6.70. The van der Waals surface area contributed by atoms with Crippen LogP contribution in [0, 0.1) is 0 Å². The van der Waals surface area contributed by atoms with Gasteiger partial charge in [0.05, 0.1) is 0 Å². The van der Waals surface area contributed by atoms with Crippen molar-refractivity contribution < 1.29 is 48.8 Å². The fourth-order valence-corrected chi connectivity index (χ4v) is 5.08. The summed E-state index contributed by atoms with van der Waals surface area (Å²) in [6, 6.07) is 15.6. The van der Waals surface area contributed by atoms with E-state index in [1.165, 1.54) is 0 Å². The number of methoxy groups -OCH3 is 1. The average Bonchev–Trinajstić information content (AvgIpc) is 3.19. The molecule has 39 heavy (non-hydrogen) atoms. The van der Waals surface area contributed by atoms with Crippen LogP contribution < -0.4 is 5.32 Å². The molecule has 1 N–H and O–H groups in total. The first kappa shape index (κ1) is 28.4. The van der Waals surface area contributed by atoms with Crippen LogP contribution in [-0.4, -0.2) is 31.8 Å². The molecule has 0 fully saturated rings. The van der Waals surface area contributed by atoms with Crippen molar-refractivity contribution in [2.45, 2.75) is 24.0 Å². The summed E-state index contributed by atoms with van der Waals surface area (Å²) in [7, 11) is -10.4. The molecule has 1 aliphatic rings. The molecule has 0 saturated heterocycles. The van der Waals surface area contributed by atoms with Crippen molar-refractivity contribution in [1.82, 2.24) is 5.32 Å². The Hall–Kier alpha value is -3.66. The number of benzene rings is 3. The summed E-state index contributed by atoms with van der Waals surface area (Å²) in [6.07, 6.45) is -1.40. The summed E-state index contributed by atoms with van der Waals surface area (Å²) >= 11 is 0. The Labute approximate surface area is 218 Å². The van der Waals surface area contributed by atoms with E-state index in [1.807, 2.05) is 48.5 Å². The number of carbonyl (C=O) groups is 2. The van der Waals surface area contributed by atoms with Gasteiger partial charge in [0.25, 0.3) is 0 Å². The smallest absolute Gasteiger partial charge is 0.0619 e. The topological polar surface area (TPSA) is 64.6 Å². The van der Waals surface area contributed by atoms with E-state index >= 15 is 0 Å². The minimum Gasteiger partial charge on any atom is -0.0619 e. The molecule has 1 amide bonds. The molecule has 3 aromatic rings. The summed E-state index contributed by atoms with van der Waals surface area (Å²) in [5, 5.41) is 2.29. The van der Waals surface area contributed by atoms with Crippen LogP contribution >= 0.6 is 7.50 Å². The normalized spacial score (nSPS) is 15.8. The zero-order chi connectivity index (χ0) is 28.7. The maximum absolute atomic E-state index is 13.6. The number of carbonyl (C=O) groups excluding carboxylic acids is 2. The first-order chi connectivity index (χ1) is 18.0. The van der Waals surface area contributed by atoms with E-state index in [-0.39, 0.29) is 30.2 Å². The monoisotopic (exact) mass is 576 g/mol. The minimum absolute atomic E-state index is 0.00622. The third-order valence-electron chi connectivity index (χ3n) is 6.39. The van der Waals surface area contributed by atoms with Crippen molar-refractivity contribution in [3.8, 4) is 11.1 Å². The van der Waals surface area contributed by atoms with Crippen LogP contribution in [0.5, 0.6) is 0 Å². The molecule has 0 aliphatic heterocycles. The van der Waals surface area contributed by atoms with Gasteiger partial charge in [-0.15, -0.1) is 0 Å². The van der Waals surface area contributed by atoms with Gasteiger partial charge < -0.3 is 0 Å². The van der Waals surface area contributed by atoms with Crippen molar-refractivity contribution in [1.29, 1.82) is 0 Å². The summed E-state index contributed by atoms with van der Waals surface area (Å²) in [5.74, 6) is -1.23. The quantitative estimate of drug-likeness (QED) is 0.168. The van der Waals surface area contributed by atoms with Crippen molar-refractivity contribution in [2.75, 3.05) is 13.7 Å². The number of alkyl carbamates (subject to hydrolysis) is 1. The molecule has 1 atom stereocenters. The van der Waals surface area contributed by atoms with Gasteiger partial charge in [-0.05, 0) is 22.3 Å². The van der Waals surface area contributed by atoms with E-state index in [2.05, 4.69) is 10.1 Å². The van der Waals surface area contributed by atoms with Gasteiger partial charge >= 0.3 is 147 Å². The minimum atomic E-state index is -11.4. The number of ether oxygens (including phenoxy) is 2. The molecule has 210 valence electrons. The molecule has 0 bridgehead atoms. The molecule has 0 radical (unpaired) electrons. The van der Waals surface area contributed by atoms with Gasteiger partial charge in [0, 0.05) is 0 Å². The SMILES string of the molecule is COC(=O)[C@H](Cc1ccc(C(F)(F)[P-](F)(F)(F)(F)F)cc1)NC(=O)OCC1c2ccccc2-c2ccccc21. The van der Waals surface area contributed by atoms with Crippen LogP contribution in [-0.2, 0) is 26.4 Å². The third-order valence-corrected chi connectivity index (χ3v) is 7.71. The second-order valence-electron chi connectivity index (χ2n) is 9.05. The molecule has 1 aliphatic carbocycles. The molecule has 4 rings (SSSR count). The summed E-state index contributed by atoms with van der Waals surface area (Å²) < 4.78 is 101. The van der Waals surface area contributed by atoms with Gasteiger partial charge in [0.1, 0.15) is 0 Å². The molecular weight excluding hydrogens is 554 g/mol. The Bertz CT molecular complexity index is 1370. The van der Waals surface area contributed by atoms with Crippen molar-refractivity contribution in [2.24, 2.45) is 0 Å². The number of rotatable bonds is 8. The summed E-state index contributed by atoms with van der Waals surface area (Å²) in [6.45, 7) is -0.0770. The Balaban J connectivity index is 1.45. The average molecular weight is 576 g/mol. The van der Waals surface area contributed by atoms with E-state index < -0.39 is 43.3 Å². The number of hydrogen-bond donors (Lipinski definition) is 1. The Morgan fingerprint density at radius 2 is 1.38 bits per heavy atom. The summed E-state index contributed by atoms with van der Waals surface area (Å²) in [4.78, 5) is 24.8. The molecular formula is C26H22F7NO4P-. The van der Waals surface area contributed by atoms with Crippen LogP contribution in [0.3, 0.4) is 0 Å². The molecule has 5 nitrogen and oxygen atoms in total. The van der Waals surface area contributed by atoms with Gasteiger partial charge in [-0.2, -0.15) is 0 Å². The Morgan fingerprint density at radius 1 is 0.872 bits per heavy atom. The van der Waals surface area contributed by atoms with Crippen LogP contribution in [0.4, 0.5) is 34.6 Å². The number of esters is 1. The van der Waals surface area contributed by atoms with Crippen LogP contribution in [0.25, 0.3) is 11.1 Å². The second kappa shape index (κ2) is 9.22. The van der Waals surface area contributed by atoms with E-state index in [1.54, 1.807) is 0 Å². The first-order valence-electron chi connectivity index (χ1n) is 11.5. The molecule has 0 aromatic heterocycles. The fraction of sp³-hybridized carbons (Fsp3) is 0.231. The standard InChI is InChI=1S/C26H22F7NO4P/c1-37-24(35)23(14-16-10-12-17(13-11-16)26(27,28)39(29,30,31,32)33)34-25(36)38-15-22-20-8-4-2-6-18(20)19-7-3-5-9-21(19)22/h2-13,22-23H,14-15H2,1H3,(H,34,36)/q-1/t23-/m0/s1. The van der Waals surface area contributed by atoms with Crippen LogP contribution in [0.15, 0.2) is 72.8 Å². The number of halogens is 7. The molecule has 13 heteroatoms. The van der Waals surface area contributed by atoms with Crippen molar-refractivity contribution >= 4 is 19.6 Å². The van der Waals surface area contributed by atoms with Crippen LogP contribution in [0.2, 0.25) is 0 Å². The second-order valence-corrected chi connectivity index (χ2v) is 11.7. The van der Waals surface area contributed by atoms with Gasteiger partial charge in [-0.25, -0.2) is 0 Å². The van der Waals surface area contributed by atoms with Gasteiger partial charge in [0.2, 0.25) is 0 Å². The van der Waals surface area contributed by atoms with Crippen molar-refractivity contribution in [3.05, 3.63) is 95.1 Å². The summed E-state index contributed by atoms with van der Waals surface area (Å²) in [5.41, 5.74) is -4.42. The first-order valence-corrected chi connectivity index (χ1v) is 13.6. The number of fused-ring (bicyclic) bond motifs is 3. The van der Waals surface area contributed by atoms with Gasteiger partial charge in [-0.3, -0.25) is 0 Å². The van der Waals surface area contributed by atoms with E-state index in [0.717, 1.165) is 41.5 Å². The molecule has 0 heterocycles. The molecule has 0 unspecified atom stereocenters. The number of alkyl halides is 2. The van der Waals surface area contributed by atoms with Gasteiger partial charge in [0.15, 0.2) is 0 Å². The number of hydrogen-bond acceptors (Lipinski definition) is 4. The van der Waals surface area contributed by atoms with E-state index in [0.29, 0.717) is 0 Å². The molecule has 0 saturated carbocycles. The number of nitrogens with one attached hydrogen (secondary N) is 1. The van der Waals surface area contributed by atoms with E-state index in [4.69, 9.17) is 4.74 Å². The Morgan fingerprint density at radius 3 is 1.87 bits per heavy atom. The van der Waals surface area contributed by atoms with Crippen molar-refractivity contribution in [3.63, 3.8) is 0 Å². The predicted molar refractivity (Wildman–Crippen MR) is 131 cm³/mol. The third kappa shape index (κ3) is 5.56. The zero-order valence-corrected chi connectivity index (χ0v) is 21.1. The maximum atomic E-state index is 13.6. The predicted octanol–water partition coefficient (Wildman–Crippen LogP) is 7.87. The molecule has 3 aromatic carbocycles. The van der Waals surface area contributed by atoms with E-state index in [9.17, 15) is 39.4 Å². The van der Waals surface area contributed by atoms with Crippen LogP contribution in [0.1, 0.15) is 28.2 Å². The zero-order valence-electron chi connectivity index (χ0n) is 20.2. The number of amides is 1. The molecule has 0 spiro atoms. The van der Waals surface area contributed by atoms with Gasteiger partial charge in [-0.1, -0.05) is 48.5 Å².